The van der Waals surface area contributed by atoms with E-state index in [4.69, 9.17) is 10.5 Å². The first-order chi connectivity index (χ1) is 15.0. The number of carbonyl (C=O) groups is 1. The summed E-state index contributed by atoms with van der Waals surface area (Å²) in [6, 6.07) is 13.6. The Hall–Kier alpha value is -3.17. The lowest BCUT2D eigenvalue weighted by Crippen LogP contribution is -2.16. The summed E-state index contributed by atoms with van der Waals surface area (Å²) in [5.41, 5.74) is 8.42. The van der Waals surface area contributed by atoms with E-state index in [-0.39, 0.29) is 5.56 Å². The highest BCUT2D eigenvalue weighted by atomic mass is 79.9. The molecule has 160 valence electrons. The molecule has 1 saturated heterocycles. The van der Waals surface area contributed by atoms with E-state index in [1.54, 1.807) is 7.11 Å². The van der Waals surface area contributed by atoms with E-state index in [2.05, 4.69) is 47.9 Å². The van der Waals surface area contributed by atoms with Crippen molar-refractivity contribution in [3.05, 3.63) is 64.3 Å². The lowest BCUT2D eigenvalue weighted by atomic mass is 9.98. The quantitative estimate of drug-likeness (QED) is 0.403. The summed E-state index contributed by atoms with van der Waals surface area (Å²) in [7, 11) is 1.63. The van der Waals surface area contributed by atoms with E-state index in [1.165, 1.54) is 11.8 Å². The van der Waals surface area contributed by atoms with E-state index < -0.39 is 5.91 Å². The predicted octanol–water partition coefficient (Wildman–Crippen LogP) is 3.91. The number of anilines is 4. The summed E-state index contributed by atoms with van der Waals surface area (Å²) in [6.45, 7) is 2.00. The molecule has 1 atom stereocenters. The molecule has 8 nitrogen and oxygen atoms in total. The topological polar surface area (TPSA) is 114 Å². The molecule has 2 heterocycles. The zero-order chi connectivity index (χ0) is 21.8. The molecule has 3 aromatic rings. The zero-order valence-electron chi connectivity index (χ0n) is 17.0. The fourth-order valence-corrected chi connectivity index (χ4v) is 3.92. The molecule has 1 aromatic heterocycles. The molecule has 9 heteroatoms. The molecule has 0 saturated carbocycles. The van der Waals surface area contributed by atoms with E-state index in [0.717, 1.165) is 35.4 Å². The summed E-state index contributed by atoms with van der Waals surface area (Å²) in [5.74, 6) is 1.19. The van der Waals surface area contributed by atoms with Crippen LogP contribution in [0.2, 0.25) is 0 Å². The summed E-state index contributed by atoms with van der Waals surface area (Å²) < 4.78 is 6.42. The molecule has 4 rings (SSSR count). The van der Waals surface area contributed by atoms with Gasteiger partial charge < -0.3 is 26.4 Å². The van der Waals surface area contributed by atoms with Crippen molar-refractivity contribution in [2.45, 2.75) is 12.3 Å². The smallest absolute Gasteiger partial charge is 0.254 e. The highest BCUT2D eigenvalue weighted by Gasteiger charge is 2.19. The average molecular weight is 483 g/mol. The molecular formula is C22H23BrN6O2. The Kier molecular flexibility index (Phi) is 6.34. The number of amides is 1. The monoisotopic (exact) mass is 482 g/mol. The number of para-hydroxylation sites is 1. The van der Waals surface area contributed by atoms with Crippen LogP contribution in [-0.2, 0) is 0 Å². The van der Waals surface area contributed by atoms with Gasteiger partial charge in [0.2, 0.25) is 5.95 Å². The number of halogens is 1. The fourth-order valence-electron chi connectivity index (χ4n) is 3.53. The van der Waals surface area contributed by atoms with Gasteiger partial charge in [-0.1, -0.05) is 18.2 Å². The molecule has 31 heavy (non-hydrogen) atoms. The van der Waals surface area contributed by atoms with Crippen LogP contribution in [0.4, 0.5) is 23.1 Å². The first-order valence-corrected chi connectivity index (χ1v) is 10.7. The van der Waals surface area contributed by atoms with E-state index in [9.17, 15) is 4.79 Å². The maximum absolute atomic E-state index is 11.9. The third-order valence-electron chi connectivity index (χ3n) is 5.18. The largest absolute Gasteiger partial charge is 0.495 e. The van der Waals surface area contributed by atoms with E-state index in [0.29, 0.717) is 23.4 Å². The van der Waals surface area contributed by atoms with Gasteiger partial charge in [0.25, 0.3) is 5.91 Å². The van der Waals surface area contributed by atoms with Crippen LogP contribution in [0.15, 0.2) is 53.1 Å². The first kappa shape index (κ1) is 21.1. The number of rotatable bonds is 7. The van der Waals surface area contributed by atoms with Crippen LogP contribution < -0.4 is 26.4 Å². The number of carbonyl (C=O) groups excluding carboxylic acids is 1. The number of ether oxygens (including phenoxy) is 1. The summed E-state index contributed by atoms with van der Waals surface area (Å²) in [6.07, 6.45) is 2.51. The molecule has 1 fully saturated rings. The van der Waals surface area contributed by atoms with Gasteiger partial charge in [-0.25, -0.2) is 4.98 Å². The van der Waals surface area contributed by atoms with Crippen LogP contribution in [0.1, 0.15) is 28.3 Å². The van der Waals surface area contributed by atoms with Crippen molar-refractivity contribution in [1.29, 1.82) is 0 Å². The SMILES string of the molecule is COc1cc(C2CCNC2)ccc1Nc1ncc(C(N)=O)c(Nc2ccccc2Br)n1. The Balaban J connectivity index is 1.62. The van der Waals surface area contributed by atoms with Gasteiger partial charge in [0.1, 0.15) is 17.1 Å². The minimum Gasteiger partial charge on any atom is -0.495 e. The van der Waals surface area contributed by atoms with Gasteiger partial charge >= 0.3 is 0 Å². The molecule has 1 amide bonds. The Morgan fingerprint density at radius 1 is 1.23 bits per heavy atom. The zero-order valence-corrected chi connectivity index (χ0v) is 18.6. The average Bonchev–Trinajstić information content (AvgIpc) is 3.30. The third-order valence-corrected chi connectivity index (χ3v) is 5.88. The number of aromatic nitrogens is 2. The highest BCUT2D eigenvalue weighted by Crippen LogP contribution is 2.33. The van der Waals surface area contributed by atoms with Gasteiger partial charge in [0.15, 0.2) is 0 Å². The van der Waals surface area contributed by atoms with Crippen LogP contribution in [0.3, 0.4) is 0 Å². The minimum atomic E-state index is -0.617. The number of methoxy groups -OCH3 is 1. The summed E-state index contributed by atoms with van der Waals surface area (Å²) in [5, 5.41) is 9.71. The van der Waals surface area contributed by atoms with Gasteiger partial charge in [0.05, 0.1) is 18.5 Å². The molecule has 0 radical (unpaired) electrons. The molecule has 5 N–H and O–H groups in total. The lowest BCUT2D eigenvalue weighted by Gasteiger charge is -2.16. The number of primary amides is 1. The molecular weight excluding hydrogens is 460 g/mol. The third kappa shape index (κ3) is 4.78. The molecule has 1 unspecified atom stereocenters. The van der Waals surface area contributed by atoms with Crippen molar-refractivity contribution < 1.29 is 9.53 Å². The normalized spacial score (nSPS) is 15.5. The Morgan fingerprint density at radius 3 is 2.77 bits per heavy atom. The number of nitrogens with zero attached hydrogens (tertiary/aromatic N) is 2. The number of hydrogen-bond donors (Lipinski definition) is 4. The van der Waals surface area contributed by atoms with Crippen molar-refractivity contribution in [1.82, 2.24) is 15.3 Å². The Bertz CT molecular complexity index is 1100. The van der Waals surface area contributed by atoms with E-state index >= 15 is 0 Å². The van der Waals surface area contributed by atoms with Gasteiger partial charge in [-0.05, 0) is 64.6 Å². The maximum atomic E-state index is 11.9. The molecule has 1 aliphatic heterocycles. The van der Waals surface area contributed by atoms with Crippen molar-refractivity contribution in [3.8, 4) is 5.75 Å². The van der Waals surface area contributed by atoms with Gasteiger partial charge in [-0.15, -0.1) is 0 Å². The Morgan fingerprint density at radius 2 is 2.06 bits per heavy atom. The molecule has 0 bridgehead atoms. The molecule has 1 aliphatic rings. The Labute approximate surface area is 188 Å². The van der Waals surface area contributed by atoms with E-state index in [1.807, 2.05) is 36.4 Å². The minimum absolute atomic E-state index is 0.192. The van der Waals surface area contributed by atoms with Crippen LogP contribution >= 0.6 is 15.9 Å². The van der Waals surface area contributed by atoms with Crippen molar-refractivity contribution in [2.75, 3.05) is 30.8 Å². The lowest BCUT2D eigenvalue weighted by molar-refractivity contribution is 0.100. The van der Waals surface area contributed by atoms with Crippen molar-refractivity contribution >= 4 is 45.0 Å². The predicted molar refractivity (Wildman–Crippen MR) is 124 cm³/mol. The van der Waals surface area contributed by atoms with Crippen LogP contribution in [0.25, 0.3) is 0 Å². The molecule has 0 spiro atoms. The number of nitrogens with two attached hydrogens (primary N) is 1. The van der Waals surface area contributed by atoms with Gasteiger partial charge in [-0.3, -0.25) is 4.79 Å². The van der Waals surface area contributed by atoms with Gasteiger partial charge in [0, 0.05) is 17.2 Å². The maximum Gasteiger partial charge on any atom is 0.254 e. The second-order valence-corrected chi connectivity index (χ2v) is 8.05. The van der Waals surface area contributed by atoms with Crippen LogP contribution in [0.5, 0.6) is 5.75 Å². The number of benzene rings is 2. The second-order valence-electron chi connectivity index (χ2n) is 7.20. The summed E-state index contributed by atoms with van der Waals surface area (Å²) in [4.78, 5) is 20.6. The van der Waals surface area contributed by atoms with Gasteiger partial charge in [-0.2, -0.15) is 4.98 Å². The van der Waals surface area contributed by atoms with Crippen LogP contribution in [-0.4, -0.2) is 36.1 Å². The molecule has 2 aromatic carbocycles. The number of nitrogens with one attached hydrogen (secondary N) is 3. The van der Waals surface area contributed by atoms with Crippen molar-refractivity contribution in [2.24, 2.45) is 5.73 Å². The summed E-state index contributed by atoms with van der Waals surface area (Å²) >= 11 is 3.48. The molecule has 0 aliphatic carbocycles. The highest BCUT2D eigenvalue weighted by molar-refractivity contribution is 9.10. The van der Waals surface area contributed by atoms with Crippen molar-refractivity contribution in [3.63, 3.8) is 0 Å². The fraction of sp³-hybridized carbons (Fsp3) is 0.227. The standard InChI is InChI=1S/C22H23BrN6O2/c1-31-19-10-13(14-8-9-25-11-14)6-7-18(19)28-22-26-12-15(20(24)30)21(29-22)27-17-5-3-2-4-16(17)23/h2-7,10,12,14,25H,8-9,11H2,1H3,(H2,24,30)(H2,26,27,28,29). The second kappa shape index (κ2) is 9.32. The first-order valence-electron chi connectivity index (χ1n) is 9.89. The number of hydrogen-bond acceptors (Lipinski definition) is 7. The van der Waals surface area contributed by atoms with Crippen LogP contribution in [0, 0.1) is 0 Å².